The van der Waals surface area contributed by atoms with Gasteiger partial charge >= 0.3 is 0 Å². The Morgan fingerprint density at radius 1 is 1.13 bits per heavy atom. The molecule has 0 bridgehead atoms. The summed E-state index contributed by atoms with van der Waals surface area (Å²) in [6.45, 7) is 8.50. The summed E-state index contributed by atoms with van der Waals surface area (Å²) < 4.78 is 52.6. The van der Waals surface area contributed by atoms with Crippen LogP contribution in [0, 0.1) is 41.5 Å². The minimum absolute atomic E-state index is 0.0976. The van der Waals surface area contributed by atoms with E-state index in [2.05, 4.69) is 31.5 Å². The van der Waals surface area contributed by atoms with Crippen LogP contribution >= 0.6 is 0 Å². The van der Waals surface area contributed by atoms with E-state index in [1.165, 1.54) is 12.5 Å². The molecule has 11 heteroatoms. The molecular weight excluding hydrogens is 518 g/mol. The van der Waals surface area contributed by atoms with Crippen LogP contribution in [-0.2, 0) is 16.1 Å². The molecule has 1 heterocycles. The lowest BCUT2D eigenvalue weighted by Gasteiger charge is -2.29. The van der Waals surface area contributed by atoms with Crippen LogP contribution in [0.15, 0.2) is 30.3 Å². The maximum atomic E-state index is 13.4. The lowest BCUT2D eigenvalue weighted by molar-refractivity contribution is -0.138. The van der Waals surface area contributed by atoms with Crippen molar-refractivity contribution in [3.63, 3.8) is 0 Å². The van der Waals surface area contributed by atoms with Gasteiger partial charge in [0.15, 0.2) is 23.3 Å². The molecule has 1 unspecified atom stereocenters. The van der Waals surface area contributed by atoms with Crippen molar-refractivity contribution < 1.29 is 37.2 Å². The zero-order valence-electron chi connectivity index (χ0n) is 22.6. The van der Waals surface area contributed by atoms with Crippen molar-refractivity contribution in [2.75, 3.05) is 19.6 Å². The number of halogens is 4. The van der Waals surface area contributed by atoms with Gasteiger partial charge in [-0.2, -0.15) is 0 Å². The summed E-state index contributed by atoms with van der Waals surface area (Å²) in [5.41, 5.74) is 1.40. The summed E-state index contributed by atoms with van der Waals surface area (Å²) in [6.07, 6.45) is 2.57. The van der Waals surface area contributed by atoms with E-state index < -0.39 is 40.3 Å². The van der Waals surface area contributed by atoms with Gasteiger partial charge in [0.1, 0.15) is 0 Å². The Morgan fingerprint density at radius 2 is 1.74 bits per heavy atom. The van der Waals surface area contributed by atoms with Crippen LogP contribution in [0.4, 0.5) is 17.6 Å². The van der Waals surface area contributed by atoms with Gasteiger partial charge in [0.25, 0.3) is 5.91 Å². The van der Waals surface area contributed by atoms with Gasteiger partial charge in [-0.15, -0.1) is 0 Å². The van der Waals surface area contributed by atoms with Crippen molar-refractivity contribution in [1.29, 1.82) is 0 Å². The first kappa shape index (κ1) is 31.9. The largest absolute Gasteiger partial charge is 0.338 e. The molecule has 0 saturated carbocycles. The second kappa shape index (κ2) is 14.2. The molecule has 7 nitrogen and oxygen atoms in total. The number of nitrogens with one attached hydrogen (secondary N) is 1. The standard InChI is InChI=1S/C17H26N2O2.C11H9F4NO2/c1-14(2)12-17(8-10-18-21)9-11-19(16(17)20)13-15-6-4-3-5-7-15;1-3-16(4-17)11(18)6-5(2)7(12)9(14)10(15)8(6)13/h3-7,14,18,21H,8-13H2,1-2H3;4H,3H2,1-2H3. The molecule has 214 valence electrons. The lowest BCUT2D eigenvalue weighted by atomic mass is 9.76. The number of hydroxylamine groups is 1. The first-order valence-corrected chi connectivity index (χ1v) is 12.7. The molecule has 0 radical (unpaired) electrons. The second-order valence-corrected chi connectivity index (χ2v) is 9.95. The maximum Gasteiger partial charge on any atom is 0.263 e. The number of amides is 3. The minimum Gasteiger partial charge on any atom is -0.338 e. The Balaban J connectivity index is 0.000000277. The number of likely N-dealkylation sites (tertiary alicyclic amines) is 1. The summed E-state index contributed by atoms with van der Waals surface area (Å²) in [5, 5.41) is 8.89. The average Bonchev–Trinajstić information content (AvgIpc) is 3.21. The third-order valence-electron chi connectivity index (χ3n) is 6.78. The fourth-order valence-corrected chi connectivity index (χ4v) is 4.85. The second-order valence-electron chi connectivity index (χ2n) is 9.95. The average molecular weight is 554 g/mol. The smallest absolute Gasteiger partial charge is 0.263 e. The molecule has 0 aromatic heterocycles. The number of imide groups is 1. The molecule has 0 spiro atoms. The highest BCUT2D eigenvalue weighted by Gasteiger charge is 2.46. The highest BCUT2D eigenvalue weighted by Crippen LogP contribution is 2.41. The molecule has 39 heavy (non-hydrogen) atoms. The van der Waals surface area contributed by atoms with Crippen LogP contribution < -0.4 is 5.48 Å². The molecule has 1 aliphatic heterocycles. The van der Waals surface area contributed by atoms with E-state index in [4.69, 9.17) is 5.21 Å². The summed E-state index contributed by atoms with van der Waals surface area (Å²) >= 11 is 0. The monoisotopic (exact) mass is 553 g/mol. The summed E-state index contributed by atoms with van der Waals surface area (Å²) in [7, 11) is 0. The molecule has 3 rings (SSSR count). The van der Waals surface area contributed by atoms with Gasteiger partial charge in [-0.05, 0) is 44.6 Å². The quantitative estimate of drug-likeness (QED) is 0.142. The minimum atomic E-state index is -2.08. The van der Waals surface area contributed by atoms with E-state index >= 15 is 0 Å². The number of nitrogens with zero attached hydrogens (tertiary/aromatic N) is 2. The van der Waals surface area contributed by atoms with Crippen LogP contribution in [0.2, 0.25) is 0 Å². The SMILES string of the molecule is CC(C)CC1(CCNO)CCN(Cc2ccccc2)C1=O.CCN(C=O)C(=O)c1c(C)c(F)c(F)c(F)c1F. The van der Waals surface area contributed by atoms with E-state index in [-0.39, 0.29) is 24.3 Å². The van der Waals surface area contributed by atoms with Crippen LogP contribution in [0.25, 0.3) is 0 Å². The molecule has 2 aromatic carbocycles. The number of benzene rings is 2. The first-order chi connectivity index (χ1) is 18.4. The molecule has 2 aromatic rings. The zero-order valence-corrected chi connectivity index (χ0v) is 22.6. The van der Waals surface area contributed by atoms with Gasteiger partial charge in [-0.25, -0.2) is 23.0 Å². The summed E-state index contributed by atoms with van der Waals surface area (Å²) in [5.74, 6) is -8.03. The third-order valence-corrected chi connectivity index (χ3v) is 6.78. The molecule has 1 saturated heterocycles. The predicted molar refractivity (Wildman–Crippen MR) is 137 cm³/mol. The van der Waals surface area contributed by atoms with Gasteiger partial charge in [-0.1, -0.05) is 44.2 Å². The van der Waals surface area contributed by atoms with E-state index in [1.54, 1.807) is 0 Å². The summed E-state index contributed by atoms with van der Waals surface area (Å²) in [4.78, 5) is 37.6. The third kappa shape index (κ3) is 7.42. The highest BCUT2D eigenvalue weighted by molar-refractivity contribution is 6.01. The van der Waals surface area contributed by atoms with E-state index in [9.17, 15) is 31.9 Å². The molecule has 1 fully saturated rings. The fourth-order valence-electron chi connectivity index (χ4n) is 4.85. The molecule has 0 aliphatic carbocycles. The number of carbonyl (C=O) groups is 3. The molecule has 1 aliphatic rings. The van der Waals surface area contributed by atoms with Crippen LogP contribution in [-0.4, -0.2) is 52.9 Å². The van der Waals surface area contributed by atoms with Gasteiger partial charge in [0.05, 0.1) is 11.0 Å². The number of hydrogen-bond acceptors (Lipinski definition) is 5. The van der Waals surface area contributed by atoms with Gasteiger partial charge in [0, 0.05) is 31.7 Å². The Morgan fingerprint density at radius 3 is 2.28 bits per heavy atom. The number of rotatable bonds is 10. The lowest BCUT2D eigenvalue weighted by Crippen LogP contribution is -2.37. The molecular formula is C28H35F4N3O4. The Bertz CT molecular complexity index is 1130. The van der Waals surface area contributed by atoms with Crippen molar-refractivity contribution >= 4 is 18.2 Å². The normalized spacial score (nSPS) is 16.8. The maximum absolute atomic E-state index is 13.4. The molecule has 3 amide bonds. The van der Waals surface area contributed by atoms with E-state index in [0.717, 1.165) is 26.3 Å². The fraction of sp³-hybridized carbons (Fsp3) is 0.464. The van der Waals surface area contributed by atoms with Gasteiger partial charge in [-0.3, -0.25) is 19.3 Å². The van der Waals surface area contributed by atoms with Gasteiger partial charge in [0.2, 0.25) is 12.3 Å². The van der Waals surface area contributed by atoms with Crippen molar-refractivity contribution in [3.05, 3.63) is 70.3 Å². The van der Waals surface area contributed by atoms with Crippen molar-refractivity contribution in [2.24, 2.45) is 11.3 Å². The Labute approximate surface area is 225 Å². The topological polar surface area (TPSA) is 89.9 Å². The zero-order chi connectivity index (χ0) is 29.3. The van der Waals surface area contributed by atoms with Gasteiger partial charge < -0.3 is 10.1 Å². The first-order valence-electron chi connectivity index (χ1n) is 12.7. The Hall–Kier alpha value is -3.31. The molecule has 2 N–H and O–H groups in total. The van der Waals surface area contributed by atoms with Crippen LogP contribution in [0.3, 0.4) is 0 Å². The van der Waals surface area contributed by atoms with Crippen molar-refractivity contribution in [1.82, 2.24) is 15.3 Å². The number of hydrogen-bond donors (Lipinski definition) is 2. The Kier molecular flexibility index (Phi) is 11.6. The predicted octanol–water partition coefficient (Wildman–Crippen LogP) is 4.99. The van der Waals surface area contributed by atoms with Crippen molar-refractivity contribution in [3.8, 4) is 0 Å². The van der Waals surface area contributed by atoms with E-state index in [1.807, 2.05) is 23.1 Å². The van der Waals surface area contributed by atoms with Crippen LogP contribution in [0.5, 0.6) is 0 Å². The number of carbonyl (C=O) groups excluding carboxylic acids is 3. The van der Waals surface area contributed by atoms with Crippen molar-refractivity contribution in [2.45, 2.75) is 53.5 Å². The summed E-state index contributed by atoms with van der Waals surface area (Å²) in [6, 6.07) is 10.1. The van der Waals surface area contributed by atoms with E-state index in [0.29, 0.717) is 30.3 Å². The van der Waals surface area contributed by atoms with Crippen LogP contribution in [0.1, 0.15) is 61.5 Å². The molecule has 1 atom stereocenters. The highest BCUT2D eigenvalue weighted by atomic mass is 19.2.